The van der Waals surface area contributed by atoms with Crippen LogP contribution in [-0.4, -0.2) is 44.1 Å². The second-order valence-corrected chi connectivity index (χ2v) is 9.79. The van der Waals surface area contributed by atoms with Crippen molar-refractivity contribution in [2.45, 2.75) is 58.2 Å². The van der Waals surface area contributed by atoms with Crippen molar-refractivity contribution in [3.63, 3.8) is 0 Å². The maximum atomic E-state index is 5.17. The Morgan fingerprint density at radius 3 is 2.60 bits per heavy atom. The number of thiophene rings is 1. The molecule has 0 aliphatic carbocycles. The predicted molar refractivity (Wildman–Crippen MR) is 121 cm³/mol. The van der Waals surface area contributed by atoms with Crippen molar-refractivity contribution in [2.24, 2.45) is 0 Å². The van der Waals surface area contributed by atoms with E-state index in [1.54, 1.807) is 11.3 Å². The molecule has 0 unspecified atom stereocenters. The van der Waals surface area contributed by atoms with E-state index in [9.17, 15) is 0 Å². The molecule has 158 valence electrons. The van der Waals surface area contributed by atoms with E-state index in [-0.39, 0.29) is 5.41 Å². The summed E-state index contributed by atoms with van der Waals surface area (Å²) in [6, 6.07) is 4.57. The van der Waals surface area contributed by atoms with Crippen LogP contribution in [0.2, 0.25) is 0 Å². The van der Waals surface area contributed by atoms with Gasteiger partial charge in [0.2, 0.25) is 5.95 Å². The number of hydrogen-bond acceptors (Lipinski definition) is 6. The van der Waals surface area contributed by atoms with Gasteiger partial charge in [0, 0.05) is 56.6 Å². The number of rotatable bonds is 4. The number of nitrogens with zero attached hydrogens (tertiary/aromatic N) is 6. The van der Waals surface area contributed by atoms with E-state index in [1.807, 2.05) is 18.5 Å². The summed E-state index contributed by atoms with van der Waals surface area (Å²) in [6.07, 6.45) is 5.85. The standard InChI is InChI=1S/C23H30N6S/c1-17(2)29-18(3)26-21-20(29)14-27(13-19-5-12-30-15-19)16-23(21)6-10-28(11-7-23)22-24-8-4-9-25-22/h4-5,8-9,12,15,17H,6-7,10-11,13-14,16H2,1-3H3. The predicted octanol–water partition coefficient (Wildman–Crippen LogP) is 4.18. The molecule has 0 bridgehead atoms. The molecule has 0 aromatic carbocycles. The Hall–Kier alpha value is -2.25. The van der Waals surface area contributed by atoms with Crippen molar-refractivity contribution in [3.05, 3.63) is 58.1 Å². The lowest BCUT2D eigenvalue weighted by atomic mass is 9.72. The normalized spacial score (nSPS) is 18.9. The molecule has 7 heteroatoms. The van der Waals surface area contributed by atoms with Crippen molar-refractivity contribution in [1.82, 2.24) is 24.4 Å². The summed E-state index contributed by atoms with van der Waals surface area (Å²) in [5.41, 5.74) is 4.30. The van der Waals surface area contributed by atoms with Gasteiger partial charge in [0.25, 0.3) is 0 Å². The molecule has 0 N–H and O–H groups in total. The molecule has 30 heavy (non-hydrogen) atoms. The van der Waals surface area contributed by atoms with Gasteiger partial charge < -0.3 is 9.47 Å². The Bertz CT molecular complexity index is 986. The number of piperidine rings is 1. The maximum absolute atomic E-state index is 5.17. The molecule has 0 saturated carbocycles. The van der Waals surface area contributed by atoms with Crippen molar-refractivity contribution in [2.75, 3.05) is 24.5 Å². The van der Waals surface area contributed by atoms with Crippen LogP contribution in [0.1, 0.15) is 55.5 Å². The summed E-state index contributed by atoms with van der Waals surface area (Å²) in [6.45, 7) is 11.7. The third-order valence-electron chi connectivity index (χ3n) is 6.65. The van der Waals surface area contributed by atoms with Gasteiger partial charge in [0.15, 0.2) is 0 Å². The molecule has 2 aliphatic rings. The van der Waals surface area contributed by atoms with Gasteiger partial charge in [-0.3, -0.25) is 4.90 Å². The second-order valence-electron chi connectivity index (χ2n) is 9.01. The number of anilines is 1. The van der Waals surface area contributed by atoms with Gasteiger partial charge in [-0.1, -0.05) is 0 Å². The van der Waals surface area contributed by atoms with E-state index >= 15 is 0 Å². The van der Waals surface area contributed by atoms with Crippen LogP contribution in [0, 0.1) is 6.92 Å². The highest BCUT2D eigenvalue weighted by molar-refractivity contribution is 7.07. The van der Waals surface area contributed by atoms with Crippen LogP contribution < -0.4 is 4.90 Å². The first-order chi connectivity index (χ1) is 14.6. The first-order valence-electron chi connectivity index (χ1n) is 10.9. The summed E-state index contributed by atoms with van der Waals surface area (Å²) < 4.78 is 2.46. The Morgan fingerprint density at radius 2 is 1.93 bits per heavy atom. The van der Waals surface area contributed by atoms with Crippen molar-refractivity contribution in [1.29, 1.82) is 0 Å². The van der Waals surface area contributed by atoms with Crippen LogP contribution in [0.5, 0.6) is 0 Å². The van der Waals surface area contributed by atoms with Gasteiger partial charge in [-0.25, -0.2) is 15.0 Å². The highest BCUT2D eigenvalue weighted by atomic mass is 32.1. The molecular weight excluding hydrogens is 392 g/mol. The molecule has 2 aliphatic heterocycles. The third kappa shape index (κ3) is 3.44. The van der Waals surface area contributed by atoms with Crippen molar-refractivity contribution >= 4 is 17.3 Å². The van der Waals surface area contributed by atoms with Gasteiger partial charge >= 0.3 is 0 Å². The van der Waals surface area contributed by atoms with E-state index in [2.05, 4.69) is 61.9 Å². The molecule has 3 aromatic heterocycles. The number of imidazole rings is 1. The van der Waals surface area contributed by atoms with Crippen molar-refractivity contribution in [3.8, 4) is 0 Å². The van der Waals surface area contributed by atoms with E-state index in [1.165, 1.54) is 17.0 Å². The Labute approximate surface area is 182 Å². The number of hydrogen-bond donors (Lipinski definition) is 0. The minimum atomic E-state index is 0.111. The molecule has 1 saturated heterocycles. The van der Waals surface area contributed by atoms with Crippen LogP contribution >= 0.6 is 11.3 Å². The van der Waals surface area contributed by atoms with Crippen LogP contribution in [0.15, 0.2) is 35.3 Å². The Kier molecular flexibility index (Phi) is 5.11. The molecule has 5 heterocycles. The number of aromatic nitrogens is 4. The number of aryl methyl sites for hydroxylation is 1. The lowest BCUT2D eigenvalue weighted by Gasteiger charge is -2.47. The summed E-state index contributed by atoms with van der Waals surface area (Å²) in [5, 5.41) is 4.46. The fraction of sp³-hybridized carbons (Fsp3) is 0.522. The zero-order chi connectivity index (χ0) is 20.7. The van der Waals surface area contributed by atoms with Crippen LogP contribution in [0.25, 0.3) is 0 Å². The molecule has 6 nitrogen and oxygen atoms in total. The lowest BCUT2D eigenvalue weighted by Crippen LogP contribution is -2.52. The van der Waals surface area contributed by atoms with Crippen LogP contribution in [0.4, 0.5) is 5.95 Å². The van der Waals surface area contributed by atoms with E-state index in [0.29, 0.717) is 6.04 Å². The third-order valence-corrected chi connectivity index (χ3v) is 7.38. The molecule has 5 rings (SSSR count). The second kappa shape index (κ2) is 7.78. The SMILES string of the molecule is Cc1nc2c(n1C(C)C)CN(Cc1ccsc1)CC21CCN(c2ncccn2)CC1. The summed E-state index contributed by atoms with van der Waals surface area (Å²) in [5.74, 6) is 2.00. The van der Waals surface area contributed by atoms with E-state index < -0.39 is 0 Å². The molecule has 0 radical (unpaired) electrons. The molecule has 1 spiro atoms. The minimum absolute atomic E-state index is 0.111. The lowest BCUT2D eigenvalue weighted by molar-refractivity contribution is 0.138. The van der Waals surface area contributed by atoms with Gasteiger partial charge in [0.05, 0.1) is 11.4 Å². The smallest absolute Gasteiger partial charge is 0.225 e. The van der Waals surface area contributed by atoms with Crippen LogP contribution in [0.3, 0.4) is 0 Å². The summed E-state index contributed by atoms with van der Waals surface area (Å²) in [4.78, 5) is 19.1. The molecular formula is C23H30N6S. The zero-order valence-electron chi connectivity index (χ0n) is 18.1. The quantitative estimate of drug-likeness (QED) is 0.631. The van der Waals surface area contributed by atoms with E-state index in [4.69, 9.17) is 4.98 Å². The van der Waals surface area contributed by atoms with Crippen LogP contribution in [-0.2, 0) is 18.5 Å². The minimum Gasteiger partial charge on any atom is -0.341 e. The van der Waals surface area contributed by atoms with Gasteiger partial charge in [0.1, 0.15) is 5.82 Å². The monoisotopic (exact) mass is 422 g/mol. The maximum Gasteiger partial charge on any atom is 0.225 e. The first kappa shape index (κ1) is 19.7. The Balaban J connectivity index is 1.47. The molecule has 0 atom stereocenters. The highest BCUT2D eigenvalue weighted by Crippen LogP contribution is 2.43. The largest absolute Gasteiger partial charge is 0.341 e. The Morgan fingerprint density at radius 1 is 1.17 bits per heavy atom. The average Bonchev–Trinajstić information content (AvgIpc) is 3.37. The van der Waals surface area contributed by atoms with E-state index in [0.717, 1.165) is 57.3 Å². The first-order valence-corrected chi connectivity index (χ1v) is 11.8. The average molecular weight is 423 g/mol. The highest BCUT2D eigenvalue weighted by Gasteiger charge is 2.45. The van der Waals surface area contributed by atoms with Gasteiger partial charge in [-0.05, 0) is 62.1 Å². The van der Waals surface area contributed by atoms with Gasteiger partial charge in [-0.2, -0.15) is 11.3 Å². The summed E-state index contributed by atoms with van der Waals surface area (Å²) in [7, 11) is 0. The topological polar surface area (TPSA) is 50.1 Å². The zero-order valence-corrected chi connectivity index (χ0v) is 18.9. The fourth-order valence-electron chi connectivity index (χ4n) is 5.36. The molecule has 1 fully saturated rings. The van der Waals surface area contributed by atoms with Gasteiger partial charge in [-0.15, -0.1) is 0 Å². The summed E-state index contributed by atoms with van der Waals surface area (Å²) >= 11 is 1.79. The molecule has 3 aromatic rings. The molecule has 0 amide bonds. The van der Waals surface area contributed by atoms with Crippen molar-refractivity contribution < 1.29 is 0 Å². The fourth-order valence-corrected chi connectivity index (χ4v) is 6.02. The number of fused-ring (bicyclic) bond motifs is 2.